The van der Waals surface area contributed by atoms with Crippen LogP contribution >= 0.6 is 0 Å². The van der Waals surface area contributed by atoms with Gasteiger partial charge in [0.05, 0.1) is 0 Å². The van der Waals surface area contributed by atoms with Crippen LogP contribution in [0.1, 0.15) is 36.6 Å². The van der Waals surface area contributed by atoms with Crippen LogP contribution in [-0.2, 0) is 13.1 Å². The lowest BCUT2D eigenvalue weighted by molar-refractivity contribution is 0.813. The maximum Gasteiger partial charge on any atom is 0.129 e. The molecule has 4 nitrogen and oxygen atoms in total. The number of nitrogens with one attached hydrogen (secondary N) is 1. The van der Waals surface area contributed by atoms with E-state index in [0.717, 1.165) is 23.6 Å². The summed E-state index contributed by atoms with van der Waals surface area (Å²) in [5, 5.41) is 3.32. The molecule has 0 aliphatic carbocycles. The molecule has 1 aromatic carbocycles. The molecule has 19 heavy (non-hydrogen) atoms. The molecule has 0 saturated heterocycles. The zero-order valence-electron chi connectivity index (χ0n) is 11.4. The van der Waals surface area contributed by atoms with Gasteiger partial charge in [-0.1, -0.05) is 38.1 Å². The predicted octanol–water partition coefficient (Wildman–Crippen LogP) is 2.67. The van der Waals surface area contributed by atoms with E-state index in [1.54, 1.807) is 6.33 Å². The fraction of sp³-hybridized carbons (Fsp3) is 0.333. The number of benzene rings is 1. The van der Waals surface area contributed by atoms with Gasteiger partial charge in [0.15, 0.2) is 0 Å². The van der Waals surface area contributed by atoms with Gasteiger partial charge in [0.25, 0.3) is 0 Å². The first-order valence-electron chi connectivity index (χ1n) is 6.52. The van der Waals surface area contributed by atoms with Gasteiger partial charge in [-0.05, 0) is 17.0 Å². The molecule has 2 rings (SSSR count). The van der Waals surface area contributed by atoms with E-state index in [2.05, 4.69) is 41.3 Å². The van der Waals surface area contributed by atoms with Gasteiger partial charge in [0.2, 0.25) is 0 Å². The maximum absolute atomic E-state index is 5.64. The zero-order valence-corrected chi connectivity index (χ0v) is 11.4. The fourth-order valence-electron chi connectivity index (χ4n) is 1.84. The summed E-state index contributed by atoms with van der Waals surface area (Å²) in [5.74, 6) is 1.26. The second-order valence-electron chi connectivity index (χ2n) is 4.86. The smallest absolute Gasteiger partial charge is 0.129 e. The lowest BCUT2D eigenvalue weighted by atomic mass is 10.1. The van der Waals surface area contributed by atoms with E-state index in [1.807, 2.05) is 18.2 Å². The highest BCUT2D eigenvalue weighted by molar-refractivity contribution is 5.37. The lowest BCUT2D eigenvalue weighted by Crippen LogP contribution is -2.04. The minimum absolute atomic E-state index is 0.407. The van der Waals surface area contributed by atoms with Gasteiger partial charge >= 0.3 is 0 Å². The minimum Gasteiger partial charge on any atom is -0.366 e. The van der Waals surface area contributed by atoms with Crippen LogP contribution in [0.25, 0.3) is 0 Å². The molecule has 0 unspecified atom stereocenters. The van der Waals surface area contributed by atoms with E-state index < -0.39 is 0 Å². The van der Waals surface area contributed by atoms with E-state index in [4.69, 9.17) is 5.73 Å². The maximum atomic E-state index is 5.64. The third-order valence-electron chi connectivity index (χ3n) is 2.98. The summed E-state index contributed by atoms with van der Waals surface area (Å²) in [5.41, 5.74) is 9.03. The summed E-state index contributed by atoms with van der Waals surface area (Å²) in [6.07, 6.45) is 1.61. The van der Waals surface area contributed by atoms with E-state index in [1.165, 1.54) is 5.56 Å². The molecule has 0 spiro atoms. The Balaban J connectivity index is 2.03. The summed E-state index contributed by atoms with van der Waals surface area (Å²) in [4.78, 5) is 8.49. The van der Waals surface area contributed by atoms with E-state index in [9.17, 15) is 0 Å². The van der Waals surface area contributed by atoms with Crippen molar-refractivity contribution in [3.63, 3.8) is 0 Å². The van der Waals surface area contributed by atoms with Crippen LogP contribution in [0.5, 0.6) is 0 Å². The topological polar surface area (TPSA) is 63.8 Å². The molecular formula is C15H20N4. The van der Waals surface area contributed by atoms with Gasteiger partial charge in [-0.3, -0.25) is 0 Å². The molecule has 1 heterocycles. The second kappa shape index (κ2) is 6.29. The van der Waals surface area contributed by atoms with Crippen molar-refractivity contribution in [3.8, 4) is 0 Å². The number of hydrogen-bond acceptors (Lipinski definition) is 4. The van der Waals surface area contributed by atoms with Crippen molar-refractivity contribution in [1.29, 1.82) is 0 Å². The van der Waals surface area contributed by atoms with Crippen molar-refractivity contribution >= 4 is 5.82 Å². The summed E-state index contributed by atoms with van der Waals surface area (Å²) in [6, 6.07) is 10.2. The van der Waals surface area contributed by atoms with E-state index >= 15 is 0 Å². The molecule has 3 N–H and O–H groups in total. The summed E-state index contributed by atoms with van der Waals surface area (Å²) in [7, 11) is 0. The van der Waals surface area contributed by atoms with Crippen LogP contribution in [0.2, 0.25) is 0 Å². The molecule has 0 aliphatic heterocycles. The molecule has 2 aromatic rings. The van der Waals surface area contributed by atoms with Crippen LogP contribution in [-0.4, -0.2) is 9.97 Å². The van der Waals surface area contributed by atoms with Gasteiger partial charge in [-0.25, -0.2) is 9.97 Å². The van der Waals surface area contributed by atoms with Gasteiger partial charge < -0.3 is 11.1 Å². The lowest BCUT2D eigenvalue weighted by Gasteiger charge is -2.09. The molecule has 0 atom stereocenters. The van der Waals surface area contributed by atoms with Crippen LogP contribution in [0.3, 0.4) is 0 Å². The molecule has 1 aromatic heterocycles. The molecule has 0 fully saturated rings. The monoisotopic (exact) mass is 256 g/mol. The zero-order chi connectivity index (χ0) is 13.7. The standard InChI is InChI=1S/C15H20N4/c1-11(2)14-7-15(19-10-18-14)17-9-13-5-3-4-12(6-13)8-16/h3-7,10-11H,8-9,16H2,1-2H3,(H,17,18,19). The van der Waals surface area contributed by atoms with Crippen LogP contribution in [0, 0.1) is 0 Å². The summed E-state index contributed by atoms with van der Waals surface area (Å²) < 4.78 is 0. The Kier molecular flexibility index (Phi) is 4.47. The average molecular weight is 256 g/mol. The Morgan fingerprint density at radius 3 is 2.68 bits per heavy atom. The van der Waals surface area contributed by atoms with Gasteiger partial charge in [0, 0.05) is 24.8 Å². The quantitative estimate of drug-likeness (QED) is 0.863. The number of rotatable bonds is 5. The van der Waals surface area contributed by atoms with Crippen molar-refractivity contribution in [1.82, 2.24) is 9.97 Å². The first-order chi connectivity index (χ1) is 9.19. The van der Waals surface area contributed by atoms with Crippen molar-refractivity contribution < 1.29 is 0 Å². The molecule has 0 radical (unpaired) electrons. The van der Waals surface area contributed by atoms with E-state index in [0.29, 0.717) is 12.5 Å². The first-order valence-corrected chi connectivity index (χ1v) is 6.52. The highest BCUT2D eigenvalue weighted by atomic mass is 15.0. The van der Waals surface area contributed by atoms with Crippen LogP contribution in [0.4, 0.5) is 5.82 Å². The van der Waals surface area contributed by atoms with Crippen molar-refractivity contribution in [3.05, 3.63) is 53.5 Å². The number of nitrogens with two attached hydrogens (primary N) is 1. The predicted molar refractivity (Wildman–Crippen MR) is 77.8 cm³/mol. The number of aromatic nitrogens is 2. The number of hydrogen-bond donors (Lipinski definition) is 2. The highest BCUT2D eigenvalue weighted by Gasteiger charge is 2.03. The Labute approximate surface area is 114 Å². The highest BCUT2D eigenvalue weighted by Crippen LogP contribution is 2.14. The Morgan fingerprint density at radius 1 is 1.16 bits per heavy atom. The van der Waals surface area contributed by atoms with Crippen LogP contribution in [0.15, 0.2) is 36.7 Å². The SMILES string of the molecule is CC(C)c1cc(NCc2cccc(CN)c2)ncn1. The van der Waals surface area contributed by atoms with Crippen LogP contribution < -0.4 is 11.1 Å². The average Bonchev–Trinajstić information content (AvgIpc) is 2.45. The largest absolute Gasteiger partial charge is 0.366 e. The molecule has 4 heteroatoms. The van der Waals surface area contributed by atoms with Crippen molar-refractivity contribution in [2.45, 2.75) is 32.9 Å². The number of nitrogens with zero attached hydrogens (tertiary/aromatic N) is 2. The third kappa shape index (κ3) is 3.76. The molecule has 0 saturated carbocycles. The summed E-state index contributed by atoms with van der Waals surface area (Å²) in [6.45, 7) is 5.55. The fourth-order valence-corrected chi connectivity index (χ4v) is 1.84. The van der Waals surface area contributed by atoms with Crippen molar-refractivity contribution in [2.75, 3.05) is 5.32 Å². The summed E-state index contributed by atoms with van der Waals surface area (Å²) >= 11 is 0. The Morgan fingerprint density at radius 2 is 1.95 bits per heavy atom. The normalized spacial score (nSPS) is 10.7. The molecule has 0 bridgehead atoms. The van der Waals surface area contributed by atoms with E-state index in [-0.39, 0.29) is 0 Å². The van der Waals surface area contributed by atoms with Gasteiger partial charge in [0.1, 0.15) is 12.1 Å². The van der Waals surface area contributed by atoms with Gasteiger partial charge in [-0.15, -0.1) is 0 Å². The molecule has 100 valence electrons. The molecule has 0 amide bonds. The van der Waals surface area contributed by atoms with Gasteiger partial charge in [-0.2, -0.15) is 0 Å². The molecule has 0 aliphatic rings. The Hall–Kier alpha value is -1.94. The van der Waals surface area contributed by atoms with Crippen molar-refractivity contribution in [2.24, 2.45) is 5.73 Å². The minimum atomic E-state index is 0.407. The molecular weight excluding hydrogens is 236 g/mol. The Bertz CT molecular complexity index is 537. The number of anilines is 1. The third-order valence-corrected chi connectivity index (χ3v) is 2.98. The second-order valence-corrected chi connectivity index (χ2v) is 4.86. The first kappa shape index (κ1) is 13.5.